The molecule has 6 heteroatoms. The minimum Gasteiger partial charge on any atom is -0.384 e. The molecule has 0 saturated carbocycles. The van der Waals surface area contributed by atoms with Gasteiger partial charge in [-0.05, 0) is 42.9 Å². The van der Waals surface area contributed by atoms with Gasteiger partial charge in [0, 0.05) is 35.4 Å². The third kappa shape index (κ3) is 3.10. The van der Waals surface area contributed by atoms with Gasteiger partial charge in [-0.15, -0.1) is 0 Å². The first kappa shape index (κ1) is 14.1. The lowest BCUT2D eigenvalue weighted by molar-refractivity contribution is -0.384. The number of nitro groups is 1. The van der Waals surface area contributed by atoms with Crippen LogP contribution < -0.4 is 5.32 Å². The van der Waals surface area contributed by atoms with E-state index in [1.165, 1.54) is 24.0 Å². The number of benzene rings is 1. The van der Waals surface area contributed by atoms with E-state index in [1.807, 2.05) is 24.8 Å². The Morgan fingerprint density at radius 2 is 2.33 bits per heavy atom. The Morgan fingerprint density at radius 1 is 1.48 bits per heavy atom. The molecule has 1 N–H and O–H groups in total. The zero-order valence-electron chi connectivity index (χ0n) is 11.8. The van der Waals surface area contributed by atoms with Gasteiger partial charge in [0.05, 0.1) is 10.4 Å². The highest BCUT2D eigenvalue weighted by Gasteiger charge is 2.16. The summed E-state index contributed by atoms with van der Waals surface area (Å²) in [4.78, 5) is 15.0. The molecule has 0 aliphatic carbocycles. The van der Waals surface area contributed by atoms with Gasteiger partial charge in [0.1, 0.15) is 0 Å². The summed E-state index contributed by atoms with van der Waals surface area (Å²) in [5.41, 5.74) is 2.76. The second-order valence-corrected chi connectivity index (χ2v) is 6.53. The Morgan fingerprint density at radius 3 is 3.05 bits per heavy atom. The summed E-state index contributed by atoms with van der Waals surface area (Å²) >= 11 is 1.99. The van der Waals surface area contributed by atoms with Crippen LogP contribution in [0, 0.1) is 23.0 Å². The number of nitrogens with one attached hydrogen (secondary N) is 1. The zero-order valence-corrected chi connectivity index (χ0v) is 12.7. The first-order valence-electron chi connectivity index (χ1n) is 7.01. The number of aryl methyl sites for hydroxylation is 1. The molecule has 1 saturated heterocycles. The van der Waals surface area contributed by atoms with Gasteiger partial charge in [0.2, 0.25) is 0 Å². The Bertz CT molecular complexity index is 684. The van der Waals surface area contributed by atoms with Gasteiger partial charge in [-0.25, -0.2) is 0 Å². The minimum absolute atomic E-state index is 0.104. The molecule has 1 aromatic heterocycles. The highest BCUT2D eigenvalue weighted by molar-refractivity contribution is 7.99. The molecule has 1 fully saturated rings. The molecular weight excluding hydrogens is 286 g/mol. The van der Waals surface area contributed by atoms with Crippen molar-refractivity contribution in [2.45, 2.75) is 13.3 Å². The lowest BCUT2D eigenvalue weighted by atomic mass is 10.1. The standard InChI is InChI=1S/C15H17N3O2S/c1-10-6-15(16-8-11-4-5-21-9-11)13-7-12(18(19)20)2-3-14(13)17-10/h2-3,6-7,11H,4-5,8-9H2,1H3,(H,16,17). The molecular formula is C15H17N3O2S. The molecule has 1 atom stereocenters. The molecule has 1 aliphatic rings. The number of fused-ring (bicyclic) bond motifs is 1. The molecule has 1 aliphatic heterocycles. The number of aromatic nitrogens is 1. The van der Waals surface area contributed by atoms with E-state index < -0.39 is 0 Å². The zero-order chi connectivity index (χ0) is 14.8. The van der Waals surface area contributed by atoms with Crippen molar-refractivity contribution in [3.8, 4) is 0 Å². The van der Waals surface area contributed by atoms with E-state index in [-0.39, 0.29) is 10.6 Å². The molecule has 0 bridgehead atoms. The first-order chi connectivity index (χ1) is 10.1. The van der Waals surface area contributed by atoms with Gasteiger partial charge in [-0.3, -0.25) is 15.1 Å². The van der Waals surface area contributed by atoms with Crippen molar-refractivity contribution in [2.75, 3.05) is 23.4 Å². The lowest BCUT2D eigenvalue weighted by Gasteiger charge is -2.14. The molecule has 3 rings (SSSR count). The lowest BCUT2D eigenvalue weighted by Crippen LogP contribution is -2.13. The van der Waals surface area contributed by atoms with Crippen LogP contribution >= 0.6 is 11.8 Å². The molecule has 0 amide bonds. The molecule has 0 radical (unpaired) electrons. The Hall–Kier alpha value is -1.82. The van der Waals surface area contributed by atoms with Gasteiger partial charge < -0.3 is 5.32 Å². The monoisotopic (exact) mass is 303 g/mol. The second kappa shape index (κ2) is 5.89. The van der Waals surface area contributed by atoms with Crippen LogP contribution in [-0.2, 0) is 0 Å². The molecule has 1 aromatic carbocycles. The third-order valence-corrected chi connectivity index (χ3v) is 4.97. The van der Waals surface area contributed by atoms with Gasteiger partial charge in [0.15, 0.2) is 0 Å². The molecule has 5 nitrogen and oxygen atoms in total. The molecule has 110 valence electrons. The maximum absolute atomic E-state index is 11.0. The average Bonchev–Trinajstić information content (AvgIpc) is 2.97. The van der Waals surface area contributed by atoms with Crippen molar-refractivity contribution in [3.63, 3.8) is 0 Å². The second-order valence-electron chi connectivity index (χ2n) is 5.38. The van der Waals surface area contributed by atoms with Crippen molar-refractivity contribution >= 4 is 34.0 Å². The van der Waals surface area contributed by atoms with Gasteiger partial charge >= 0.3 is 0 Å². The number of anilines is 1. The smallest absolute Gasteiger partial charge is 0.270 e. The summed E-state index contributed by atoms with van der Waals surface area (Å²) in [7, 11) is 0. The van der Waals surface area contributed by atoms with Crippen LogP contribution in [0.4, 0.5) is 11.4 Å². The summed E-state index contributed by atoms with van der Waals surface area (Å²) in [5.74, 6) is 3.10. The van der Waals surface area contributed by atoms with Gasteiger partial charge in [-0.2, -0.15) is 11.8 Å². The number of hydrogen-bond donors (Lipinski definition) is 1. The summed E-state index contributed by atoms with van der Waals surface area (Å²) in [6.45, 7) is 2.85. The number of nitrogens with zero attached hydrogens (tertiary/aromatic N) is 2. The number of nitro benzene ring substituents is 1. The van der Waals surface area contributed by atoms with E-state index in [0.29, 0.717) is 5.92 Å². The summed E-state index contributed by atoms with van der Waals surface area (Å²) in [5, 5.41) is 15.2. The highest BCUT2D eigenvalue weighted by atomic mass is 32.2. The van der Waals surface area contributed by atoms with Gasteiger partial charge in [0.25, 0.3) is 5.69 Å². The Kier molecular flexibility index (Phi) is 3.96. The predicted molar refractivity (Wildman–Crippen MR) is 87.1 cm³/mol. The fourth-order valence-electron chi connectivity index (χ4n) is 2.60. The Labute approximate surface area is 127 Å². The van der Waals surface area contributed by atoms with Crippen LogP contribution in [0.3, 0.4) is 0 Å². The minimum atomic E-state index is -0.364. The summed E-state index contributed by atoms with van der Waals surface area (Å²) in [6, 6.07) is 6.80. The van der Waals surface area contributed by atoms with E-state index in [9.17, 15) is 10.1 Å². The van der Waals surface area contributed by atoms with E-state index in [0.717, 1.165) is 28.8 Å². The van der Waals surface area contributed by atoms with E-state index >= 15 is 0 Å². The van der Waals surface area contributed by atoms with Crippen molar-refractivity contribution in [1.29, 1.82) is 0 Å². The fraction of sp³-hybridized carbons (Fsp3) is 0.400. The maximum Gasteiger partial charge on any atom is 0.270 e. The number of pyridine rings is 1. The molecule has 2 aromatic rings. The summed E-state index contributed by atoms with van der Waals surface area (Å²) in [6.07, 6.45) is 1.24. The van der Waals surface area contributed by atoms with Crippen LogP contribution in [0.5, 0.6) is 0 Å². The first-order valence-corrected chi connectivity index (χ1v) is 8.16. The number of hydrogen-bond acceptors (Lipinski definition) is 5. The van der Waals surface area contributed by atoms with Crippen LogP contribution in [-0.4, -0.2) is 28.0 Å². The number of non-ortho nitro benzene ring substituents is 1. The van der Waals surface area contributed by atoms with E-state index in [1.54, 1.807) is 12.1 Å². The molecule has 2 heterocycles. The van der Waals surface area contributed by atoms with Crippen molar-refractivity contribution in [2.24, 2.45) is 5.92 Å². The Balaban J connectivity index is 1.94. The third-order valence-electron chi connectivity index (χ3n) is 3.74. The van der Waals surface area contributed by atoms with Crippen LogP contribution in [0.15, 0.2) is 24.3 Å². The van der Waals surface area contributed by atoms with Crippen molar-refractivity contribution in [3.05, 3.63) is 40.1 Å². The van der Waals surface area contributed by atoms with E-state index in [4.69, 9.17) is 0 Å². The predicted octanol–water partition coefficient (Wildman–Crippen LogP) is 3.62. The fourth-order valence-corrected chi connectivity index (χ4v) is 3.89. The maximum atomic E-state index is 11.0. The SMILES string of the molecule is Cc1cc(NCC2CCSC2)c2cc([N+](=O)[O-])ccc2n1. The summed E-state index contributed by atoms with van der Waals surface area (Å²) < 4.78 is 0. The van der Waals surface area contributed by atoms with E-state index in [2.05, 4.69) is 10.3 Å². The normalized spacial score (nSPS) is 18.0. The highest BCUT2D eigenvalue weighted by Crippen LogP contribution is 2.29. The largest absolute Gasteiger partial charge is 0.384 e. The number of thioether (sulfide) groups is 1. The van der Waals surface area contributed by atoms with Crippen LogP contribution in [0.25, 0.3) is 10.9 Å². The van der Waals surface area contributed by atoms with Crippen molar-refractivity contribution in [1.82, 2.24) is 4.98 Å². The van der Waals surface area contributed by atoms with Gasteiger partial charge in [-0.1, -0.05) is 0 Å². The molecule has 0 spiro atoms. The molecule has 1 unspecified atom stereocenters. The quantitative estimate of drug-likeness (QED) is 0.690. The van der Waals surface area contributed by atoms with Crippen molar-refractivity contribution < 1.29 is 4.92 Å². The van der Waals surface area contributed by atoms with Crippen LogP contribution in [0.1, 0.15) is 12.1 Å². The van der Waals surface area contributed by atoms with Crippen LogP contribution in [0.2, 0.25) is 0 Å². The number of rotatable bonds is 4. The molecule has 21 heavy (non-hydrogen) atoms. The topological polar surface area (TPSA) is 68.1 Å². The average molecular weight is 303 g/mol.